The van der Waals surface area contributed by atoms with Gasteiger partial charge in [0.1, 0.15) is 0 Å². The topological polar surface area (TPSA) is 45.5 Å². The average molecular weight is 293 g/mol. The first-order chi connectivity index (χ1) is 9.49. The molecule has 0 aliphatic heterocycles. The van der Waals surface area contributed by atoms with Gasteiger partial charge in [0, 0.05) is 26.0 Å². The molecule has 1 amide bonds. The molecule has 0 spiro atoms. The van der Waals surface area contributed by atoms with Gasteiger partial charge >= 0.3 is 0 Å². The zero-order valence-electron chi connectivity index (χ0n) is 11.5. The van der Waals surface area contributed by atoms with E-state index in [1.165, 1.54) is 4.90 Å². The van der Waals surface area contributed by atoms with Crippen LogP contribution in [0.2, 0.25) is 5.02 Å². The first-order valence-corrected chi connectivity index (χ1v) is 6.65. The van der Waals surface area contributed by atoms with E-state index in [1.54, 1.807) is 43.6 Å². The highest BCUT2D eigenvalue weighted by atomic mass is 35.5. The van der Waals surface area contributed by atoms with E-state index in [0.29, 0.717) is 17.1 Å². The zero-order chi connectivity index (χ0) is 14.7. The van der Waals surface area contributed by atoms with E-state index in [1.807, 2.05) is 17.7 Å². The van der Waals surface area contributed by atoms with Gasteiger partial charge in [-0.3, -0.25) is 4.79 Å². The van der Waals surface area contributed by atoms with Crippen molar-refractivity contribution in [2.45, 2.75) is 12.6 Å². The van der Waals surface area contributed by atoms with Crippen molar-refractivity contribution in [2.75, 3.05) is 7.05 Å². The molecule has 2 aromatic rings. The molecule has 0 radical (unpaired) electrons. The lowest BCUT2D eigenvalue weighted by molar-refractivity contribution is -0.139. The van der Waals surface area contributed by atoms with Crippen LogP contribution in [-0.4, -0.2) is 27.5 Å². The number of hydrogen-bond acceptors (Lipinski definition) is 2. The molecule has 1 aromatic carbocycles. The maximum absolute atomic E-state index is 12.2. The third kappa shape index (κ3) is 3.21. The number of aliphatic hydroxyl groups excluding tert-OH is 1. The minimum atomic E-state index is -1.14. The third-order valence-electron chi connectivity index (χ3n) is 3.20. The number of halogens is 1. The summed E-state index contributed by atoms with van der Waals surface area (Å²) in [6, 6.07) is 10.7. The number of likely N-dealkylation sites (N-methyl/N-ethyl adjacent to an activating group) is 1. The number of rotatable bonds is 4. The summed E-state index contributed by atoms with van der Waals surface area (Å²) in [5.74, 6) is -0.339. The van der Waals surface area contributed by atoms with Crippen molar-refractivity contribution in [3.8, 4) is 0 Å². The number of aromatic nitrogens is 1. The number of nitrogens with zero attached hydrogens (tertiary/aromatic N) is 2. The molecule has 0 bridgehead atoms. The SMILES string of the molecule is CN(Cc1cc(Cl)cn1C)C(=O)C(O)c1ccccc1. The molecule has 0 fully saturated rings. The van der Waals surface area contributed by atoms with E-state index in [0.717, 1.165) is 5.69 Å². The van der Waals surface area contributed by atoms with Gasteiger partial charge in [-0.05, 0) is 11.6 Å². The van der Waals surface area contributed by atoms with Gasteiger partial charge in [-0.25, -0.2) is 0 Å². The lowest BCUT2D eigenvalue weighted by Crippen LogP contribution is -2.31. The second kappa shape index (κ2) is 6.11. The molecule has 1 unspecified atom stereocenters. The Morgan fingerprint density at radius 1 is 1.40 bits per heavy atom. The second-order valence-corrected chi connectivity index (χ2v) is 5.20. The number of benzene rings is 1. The Kier molecular flexibility index (Phi) is 4.47. The quantitative estimate of drug-likeness (QED) is 0.940. The van der Waals surface area contributed by atoms with E-state index in [-0.39, 0.29) is 5.91 Å². The maximum Gasteiger partial charge on any atom is 0.256 e. The molecule has 1 aromatic heterocycles. The summed E-state index contributed by atoms with van der Waals surface area (Å²) in [4.78, 5) is 13.7. The molecule has 5 heteroatoms. The summed E-state index contributed by atoms with van der Waals surface area (Å²) in [7, 11) is 3.53. The highest BCUT2D eigenvalue weighted by Gasteiger charge is 2.21. The molecule has 2 rings (SSSR count). The van der Waals surface area contributed by atoms with E-state index in [2.05, 4.69) is 0 Å². The number of aliphatic hydroxyl groups is 1. The fourth-order valence-electron chi connectivity index (χ4n) is 2.03. The summed E-state index contributed by atoms with van der Waals surface area (Å²) in [6.07, 6.45) is 0.639. The predicted octanol–water partition coefficient (Wildman–Crippen LogP) is 2.37. The number of carbonyl (C=O) groups excluding carboxylic acids is 1. The molecule has 0 saturated heterocycles. The minimum absolute atomic E-state index is 0.339. The van der Waals surface area contributed by atoms with Crippen molar-refractivity contribution in [1.29, 1.82) is 0 Å². The second-order valence-electron chi connectivity index (χ2n) is 4.77. The Balaban J connectivity index is 2.07. The Morgan fingerprint density at radius 2 is 2.05 bits per heavy atom. The molecule has 1 atom stereocenters. The zero-order valence-corrected chi connectivity index (χ0v) is 12.2. The van der Waals surface area contributed by atoms with Crippen molar-refractivity contribution < 1.29 is 9.90 Å². The van der Waals surface area contributed by atoms with Crippen molar-refractivity contribution in [3.63, 3.8) is 0 Å². The van der Waals surface area contributed by atoms with Gasteiger partial charge in [0.2, 0.25) is 0 Å². The van der Waals surface area contributed by atoms with Gasteiger partial charge in [-0.15, -0.1) is 0 Å². The molecule has 106 valence electrons. The normalized spacial score (nSPS) is 12.2. The summed E-state index contributed by atoms with van der Waals surface area (Å²) in [5.41, 5.74) is 1.50. The van der Waals surface area contributed by atoms with Crippen LogP contribution in [0.25, 0.3) is 0 Å². The standard InChI is InChI=1S/C15H17ClN2O2/c1-17-9-12(16)8-13(17)10-18(2)15(20)14(19)11-6-4-3-5-7-11/h3-9,14,19H,10H2,1-2H3. The summed E-state index contributed by atoms with van der Waals surface area (Å²) >= 11 is 5.91. The number of hydrogen-bond donors (Lipinski definition) is 1. The van der Waals surface area contributed by atoms with Gasteiger partial charge < -0.3 is 14.6 Å². The first-order valence-electron chi connectivity index (χ1n) is 6.27. The van der Waals surface area contributed by atoms with Crippen LogP contribution in [-0.2, 0) is 18.4 Å². The number of amides is 1. The lowest BCUT2D eigenvalue weighted by Gasteiger charge is -2.21. The smallest absolute Gasteiger partial charge is 0.256 e. The van der Waals surface area contributed by atoms with E-state index in [9.17, 15) is 9.90 Å². The molecule has 1 N–H and O–H groups in total. The Labute approximate surface area is 123 Å². The molecule has 1 heterocycles. The Bertz CT molecular complexity index is 595. The Hall–Kier alpha value is -1.78. The molecule has 0 aliphatic carbocycles. The van der Waals surface area contributed by atoms with Crippen LogP contribution < -0.4 is 0 Å². The lowest BCUT2D eigenvalue weighted by atomic mass is 10.1. The van der Waals surface area contributed by atoms with Gasteiger partial charge in [0.05, 0.1) is 11.6 Å². The molecule has 4 nitrogen and oxygen atoms in total. The van der Waals surface area contributed by atoms with Crippen molar-refractivity contribution in [2.24, 2.45) is 7.05 Å². The van der Waals surface area contributed by atoms with E-state index in [4.69, 9.17) is 11.6 Å². The summed E-state index contributed by atoms with van der Waals surface area (Å²) in [5, 5.41) is 10.7. The van der Waals surface area contributed by atoms with E-state index < -0.39 is 6.10 Å². The van der Waals surface area contributed by atoms with E-state index >= 15 is 0 Å². The first kappa shape index (κ1) is 14.6. The van der Waals surface area contributed by atoms with Crippen molar-refractivity contribution >= 4 is 17.5 Å². The fraction of sp³-hybridized carbons (Fsp3) is 0.267. The molecule has 20 heavy (non-hydrogen) atoms. The largest absolute Gasteiger partial charge is 0.378 e. The third-order valence-corrected chi connectivity index (χ3v) is 3.41. The van der Waals surface area contributed by atoms with Gasteiger partial charge in [-0.1, -0.05) is 41.9 Å². The monoisotopic (exact) mass is 292 g/mol. The van der Waals surface area contributed by atoms with Crippen LogP contribution in [0.1, 0.15) is 17.4 Å². The minimum Gasteiger partial charge on any atom is -0.378 e. The molecular formula is C15H17ClN2O2. The van der Waals surface area contributed by atoms with Crippen LogP contribution in [0.4, 0.5) is 0 Å². The Morgan fingerprint density at radius 3 is 2.60 bits per heavy atom. The van der Waals surface area contributed by atoms with Gasteiger partial charge in [0.15, 0.2) is 6.10 Å². The molecular weight excluding hydrogens is 276 g/mol. The number of aryl methyl sites for hydroxylation is 1. The predicted molar refractivity (Wildman–Crippen MR) is 78.3 cm³/mol. The van der Waals surface area contributed by atoms with Crippen LogP contribution in [0.15, 0.2) is 42.6 Å². The highest BCUT2D eigenvalue weighted by molar-refractivity contribution is 6.30. The van der Waals surface area contributed by atoms with Crippen molar-refractivity contribution in [1.82, 2.24) is 9.47 Å². The van der Waals surface area contributed by atoms with Crippen LogP contribution in [0.5, 0.6) is 0 Å². The maximum atomic E-state index is 12.2. The van der Waals surface area contributed by atoms with Crippen LogP contribution in [0.3, 0.4) is 0 Å². The highest BCUT2D eigenvalue weighted by Crippen LogP contribution is 2.18. The van der Waals surface area contributed by atoms with Crippen LogP contribution >= 0.6 is 11.6 Å². The molecule has 0 saturated carbocycles. The van der Waals surface area contributed by atoms with Gasteiger partial charge in [-0.2, -0.15) is 0 Å². The average Bonchev–Trinajstić information content (AvgIpc) is 2.76. The fourth-order valence-corrected chi connectivity index (χ4v) is 2.30. The summed E-state index contributed by atoms with van der Waals surface area (Å²) < 4.78 is 1.86. The number of carbonyl (C=O) groups is 1. The summed E-state index contributed by atoms with van der Waals surface area (Å²) in [6.45, 7) is 0.395. The van der Waals surface area contributed by atoms with Crippen LogP contribution in [0, 0.1) is 0 Å². The van der Waals surface area contributed by atoms with Crippen molar-refractivity contribution in [3.05, 3.63) is 58.9 Å². The van der Waals surface area contributed by atoms with Gasteiger partial charge in [0.25, 0.3) is 5.91 Å². The molecule has 0 aliphatic rings.